The van der Waals surface area contributed by atoms with Gasteiger partial charge in [-0.2, -0.15) is 0 Å². The zero-order valence-corrected chi connectivity index (χ0v) is 16.1. The molecule has 2 fully saturated rings. The molecule has 1 aromatic carbocycles. The molecule has 0 spiro atoms. The van der Waals surface area contributed by atoms with Crippen LogP contribution in [0.2, 0.25) is 0 Å². The summed E-state index contributed by atoms with van der Waals surface area (Å²) >= 11 is 0. The third-order valence-corrected chi connectivity index (χ3v) is 6.01. The van der Waals surface area contributed by atoms with E-state index in [9.17, 15) is 14.7 Å². The number of para-hydroxylation sites is 1. The summed E-state index contributed by atoms with van der Waals surface area (Å²) < 4.78 is 0. The Bertz CT molecular complexity index is 703. The zero-order valence-electron chi connectivity index (χ0n) is 16.1. The predicted octanol–water partition coefficient (Wildman–Crippen LogP) is 1.56. The molecule has 0 bridgehead atoms. The molecule has 152 valence electrons. The van der Waals surface area contributed by atoms with Crippen molar-refractivity contribution >= 4 is 17.5 Å². The number of amides is 2. The maximum absolute atomic E-state index is 13.1. The number of rotatable bonds is 5. The van der Waals surface area contributed by atoms with Gasteiger partial charge in [0.25, 0.3) is 0 Å². The third kappa shape index (κ3) is 4.36. The van der Waals surface area contributed by atoms with Crippen LogP contribution in [-0.2, 0) is 9.59 Å². The molecule has 0 aromatic heterocycles. The summed E-state index contributed by atoms with van der Waals surface area (Å²) in [7, 11) is 0. The Morgan fingerprint density at radius 1 is 1.18 bits per heavy atom. The monoisotopic (exact) mass is 387 g/mol. The molecule has 28 heavy (non-hydrogen) atoms. The Kier molecular flexibility index (Phi) is 6.36. The van der Waals surface area contributed by atoms with Crippen molar-refractivity contribution in [2.24, 2.45) is 11.8 Å². The number of piperazine rings is 1. The molecule has 2 amide bonds. The number of hydroxylamine groups is 1. The smallest absolute Gasteiger partial charge is 0.247 e. The van der Waals surface area contributed by atoms with Gasteiger partial charge in [0, 0.05) is 31.9 Å². The van der Waals surface area contributed by atoms with E-state index in [1.54, 1.807) is 16.5 Å². The number of hydrogen-bond acceptors (Lipinski definition) is 5. The van der Waals surface area contributed by atoms with E-state index in [0.717, 1.165) is 18.8 Å². The SMILES string of the molecule is C=CC[C@@]1(O)CC[C@H](C(=O)N2CCN(c3ccccc3)CC2)[C@@H](C(=O)NO)C1. The summed E-state index contributed by atoms with van der Waals surface area (Å²) in [5, 5.41) is 19.8. The predicted molar refractivity (Wildman–Crippen MR) is 106 cm³/mol. The number of hydrogen-bond donors (Lipinski definition) is 3. The second-order valence-corrected chi connectivity index (χ2v) is 7.80. The first kappa shape index (κ1) is 20.4. The van der Waals surface area contributed by atoms with Crippen molar-refractivity contribution in [2.75, 3.05) is 31.1 Å². The number of benzene rings is 1. The van der Waals surface area contributed by atoms with E-state index >= 15 is 0 Å². The fourth-order valence-electron chi connectivity index (χ4n) is 4.45. The lowest BCUT2D eigenvalue weighted by Crippen LogP contribution is -2.54. The summed E-state index contributed by atoms with van der Waals surface area (Å²) in [6, 6.07) is 10.1. The molecule has 1 saturated carbocycles. The first-order valence-electron chi connectivity index (χ1n) is 9.83. The van der Waals surface area contributed by atoms with Crippen molar-refractivity contribution in [1.82, 2.24) is 10.4 Å². The van der Waals surface area contributed by atoms with Crippen molar-refractivity contribution in [3.8, 4) is 0 Å². The van der Waals surface area contributed by atoms with E-state index in [1.165, 1.54) is 0 Å². The molecule has 0 unspecified atom stereocenters. The first-order valence-corrected chi connectivity index (χ1v) is 9.83. The van der Waals surface area contributed by atoms with Gasteiger partial charge in [0.05, 0.1) is 17.4 Å². The summed E-state index contributed by atoms with van der Waals surface area (Å²) in [5.41, 5.74) is 1.76. The highest BCUT2D eigenvalue weighted by molar-refractivity contribution is 5.87. The van der Waals surface area contributed by atoms with Gasteiger partial charge in [-0.3, -0.25) is 14.8 Å². The topological polar surface area (TPSA) is 93.1 Å². The number of anilines is 1. The number of carbonyl (C=O) groups is 2. The maximum Gasteiger partial charge on any atom is 0.247 e. The molecule has 3 N–H and O–H groups in total. The van der Waals surface area contributed by atoms with Crippen LogP contribution in [0.15, 0.2) is 43.0 Å². The van der Waals surface area contributed by atoms with Crippen molar-refractivity contribution in [3.63, 3.8) is 0 Å². The van der Waals surface area contributed by atoms with Crippen LogP contribution < -0.4 is 10.4 Å². The minimum absolute atomic E-state index is 0.0676. The largest absolute Gasteiger partial charge is 0.390 e. The lowest BCUT2D eigenvalue weighted by atomic mass is 9.69. The van der Waals surface area contributed by atoms with E-state index in [1.807, 2.05) is 18.2 Å². The van der Waals surface area contributed by atoms with Crippen LogP contribution in [0, 0.1) is 11.8 Å². The Morgan fingerprint density at radius 3 is 2.46 bits per heavy atom. The molecule has 1 aliphatic heterocycles. The van der Waals surface area contributed by atoms with E-state index < -0.39 is 23.3 Å². The molecule has 1 heterocycles. The molecule has 1 saturated heterocycles. The van der Waals surface area contributed by atoms with Gasteiger partial charge in [0.2, 0.25) is 11.8 Å². The highest BCUT2D eigenvalue weighted by Gasteiger charge is 2.46. The van der Waals surface area contributed by atoms with Gasteiger partial charge >= 0.3 is 0 Å². The van der Waals surface area contributed by atoms with Gasteiger partial charge in [-0.25, -0.2) is 5.48 Å². The second-order valence-electron chi connectivity index (χ2n) is 7.80. The lowest BCUT2D eigenvalue weighted by molar-refractivity contribution is -0.152. The maximum atomic E-state index is 13.1. The summed E-state index contributed by atoms with van der Waals surface area (Å²) in [6.45, 7) is 6.32. The van der Waals surface area contributed by atoms with Gasteiger partial charge in [-0.1, -0.05) is 24.3 Å². The number of nitrogens with zero attached hydrogens (tertiary/aromatic N) is 2. The number of carbonyl (C=O) groups excluding carboxylic acids is 2. The highest BCUT2D eigenvalue weighted by Crippen LogP contribution is 2.40. The molecule has 3 rings (SSSR count). The van der Waals surface area contributed by atoms with Crippen LogP contribution in [0.3, 0.4) is 0 Å². The van der Waals surface area contributed by atoms with Gasteiger partial charge in [-0.15, -0.1) is 6.58 Å². The molecular weight excluding hydrogens is 358 g/mol. The highest BCUT2D eigenvalue weighted by atomic mass is 16.5. The Hall–Kier alpha value is -2.38. The van der Waals surface area contributed by atoms with Crippen LogP contribution in [-0.4, -0.2) is 58.8 Å². The molecule has 1 aliphatic carbocycles. The fourth-order valence-corrected chi connectivity index (χ4v) is 4.45. The standard InChI is InChI=1S/C21H29N3O4/c1-2-9-21(27)10-8-17(18(15-21)19(25)22-28)20(26)24-13-11-23(12-14-24)16-6-4-3-5-7-16/h2-7,17-18,27-28H,1,8-15H2,(H,22,25)/t17-,18-,21+/m0/s1. The summed E-state index contributed by atoms with van der Waals surface area (Å²) in [6.07, 6.45) is 2.98. The third-order valence-electron chi connectivity index (χ3n) is 6.01. The molecule has 7 heteroatoms. The van der Waals surface area contributed by atoms with Crippen molar-refractivity contribution < 1.29 is 19.9 Å². The van der Waals surface area contributed by atoms with Gasteiger partial charge in [0.15, 0.2) is 0 Å². The molecule has 2 aliphatic rings. The van der Waals surface area contributed by atoms with Crippen molar-refractivity contribution in [2.45, 2.75) is 31.3 Å². The van der Waals surface area contributed by atoms with E-state index in [0.29, 0.717) is 32.4 Å². The molecule has 1 aromatic rings. The quantitative estimate of drug-likeness (QED) is 0.405. The van der Waals surface area contributed by atoms with Gasteiger partial charge < -0.3 is 14.9 Å². The first-order chi connectivity index (χ1) is 13.5. The Labute approximate surface area is 165 Å². The fraction of sp³-hybridized carbons (Fsp3) is 0.524. The molecule has 0 radical (unpaired) electrons. The van der Waals surface area contributed by atoms with Crippen LogP contribution in [0.1, 0.15) is 25.7 Å². The van der Waals surface area contributed by atoms with Crippen LogP contribution in [0.5, 0.6) is 0 Å². The summed E-state index contributed by atoms with van der Waals surface area (Å²) in [4.78, 5) is 29.4. The van der Waals surface area contributed by atoms with E-state index in [-0.39, 0.29) is 12.3 Å². The van der Waals surface area contributed by atoms with E-state index in [2.05, 4.69) is 23.6 Å². The summed E-state index contributed by atoms with van der Waals surface area (Å²) in [5.74, 6) is -1.95. The van der Waals surface area contributed by atoms with Crippen LogP contribution >= 0.6 is 0 Å². The van der Waals surface area contributed by atoms with Crippen molar-refractivity contribution in [1.29, 1.82) is 0 Å². The lowest BCUT2D eigenvalue weighted by Gasteiger charge is -2.43. The average molecular weight is 387 g/mol. The normalized spacial score (nSPS) is 27.9. The average Bonchev–Trinajstić information content (AvgIpc) is 2.73. The Balaban J connectivity index is 1.66. The molecule has 7 nitrogen and oxygen atoms in total. The van der Waals surface area contributed by atoms with Crippen LogP contribution in [0.4, 0.5) is 5.69 Å². The minimum atomic E-state index is -1.05. The van der Waals surface area contributed by atoms with Crippen LogP contribution in [0.25, 0.3) is 0 Å². The Morgan fingerprint density at radius 2 is 1.86 bits per heavy atom. The second kappa shape index (κ2) is 8.75. The van der Waals surface area contributed by atoms with Gasteiger partial charge in [-0.05, 0) is 37.8 Å². The van der Waals surface area contributed by atoms with E-state index in [4.69, 9.17) is 5.21 Å². The molecular formula is C21H29N3O4. The van der Waals surface area contributed by atoms with Gasteiger partial charge in [0.1, 0.15) is 0 Å². The zero-order chi connectivity index (χ0) is 20.1. The minimum Gasteiger partial charge on any atom is -0.390 e. The number of nitrogens with one attached hydrogen (secondary N) is 1. The van der Waals surface area contributed by atoms with Crippen molar-refractivity contribution in [3.05, 3.63) is 43.0 Å². The number of aliphatic hydroxyl groups is 1. The molecule has 3 atom stereocenters.